The minimum Gasteiger partial charge on any atom is -0.399 e. The summed E-state index contributed by atoms with van der Waals surface area (Å²) in [4.78, 5) is 17.0. The van der Waals surface area contributed by atoms with Gasteiger partial charge < -0.3 is 11.1 Å². The Bertz CT molecular complexity index is 616. The van der Waals surface area contributed by atoms with E-state index in [2.05, 4.69) is 26.2 Å². The predicted molar refractivity (Wildman–Crippen MR) is 86.9 cm³/mol. The number of rotatable bonds is 4. The summed E-state index contributed by atoms with van der Waals surface area (Å²) in [7, 11) is 0. The summed E-state index contributed by atoms with van der Waals surface area (Å²) >= 11 is 4.78. The van der Waals surface area contributed by atoms with Crippen molar-refractivity contribution in [3.8, 4) is 0 Å². The Hall–Kier alpha value is -1.53. The molecule has 4 nitrogen and oxygen atoms in total. The zero-order chi connectivity index (χ0) is 14.5. The Labute approximate surface area is 130 Å². The van der Waals surface area contributed by atoms with Gasteiger partial charge in [-0.3, -0.25) is 4.79 Å². The number of hydrogen-bond acceptors (Lipinski definition) is 4. The molecule has 0 aliphatic heterocycles. The summed E-state index contributed by atoms with van der Waals surface area (Å²) in [5, 5.41) is 2.75. The molecule has 0 bridgehead atoms. The second kappa shape index (κ2) is 6.76. The molecule has 0 saturated heterocycles. The molecule has 1 aromatic carbocycles. The molecular weight excluding hydrogens is 338 g/mol. The van der Waals surface area contributed by atoms with Crippen molar-refractivity contribution in [3.63, 3.8) is 0 Å². The maximum Gasteiger partial charge on any atom is 0.235 e. The number of nitrogens with one attached hydrogen (secondary N) is 1. The molecule has 2 rings (SSSR count). The van der Waals surface area contributed by atoms with Crippen molar-refractivity contribution in [1.82, 2.24) is 4.98 Å². The standard InChI is InChI=1S/C14H14BrN3OS/c1-9-6-11(16)3-4-12(9)20-8-14(19)18-13-5-2-10(15)7-17-13/h2-7H,8,16H2,1H3,(H,17,18,19). The Kier molecular flexibility index (Phi) is 5.03. The number of nitrogen functional groups attached to an aromatic ring is 1. The van der Waals surface area contributed by atoms with E-state index in [9.17, 15) is 4.79 Å². The molecule has 1 aromatic heterocycles. The number of anilines is 2. The number of nitrogens with zero attached hydrogens (tertiary/aromatic N) is 1. The molecule has 0 fully saturated rings. The van der Waals surface area contributed by atoms with Crippen LogP contribution in [-0.4, -0.2) is 16.6 Å². The van der Waals surface area contributed by atoms with Crippen LogP contribution in [0.4, 0.5) is 11.5 Å². The van der Waals surface area contributed by atoms with Gasteiger partial charge in [-0.1, -0.05) is 0 Å². The Balaban J connectivity index is 1.90. The fourth-order valence-corrected chi connectivity index (χ4v) is 2.65. The smallest absolute Gasteiger partial charge is 0.235 e. The van der Waals surface area contributed by atoms with E-state index >= 15 is 0 Å². The number of carbonyl (C=O) groups is 1. The van der Waals surface area contributed by atoms with E-state index in [-0.39, 0.29) is 5.91 Å². The van der Waals surface area contributed by atoms with Crippen LogP contribution in [0.5, 0.6) is 0 Å². The first-order valence-electron chi connectivity index (χ1n) is 5.95. The van der Waals surface area contributed by atoms with Gasteiger partial charge in [-0.2, -0.15) is 0 Å². The summed E-state index contributed by atoms with van der Waals surface area (Å²) in [6, 6.07) is 9.25. The molecule has 20 heavy (non-hydrogen) atoms. The topological polar surface area (TPSA) is 68.0 Å². The van der Waals surface area contributed by atoms with Crippen LogP contribution in [0.3, 0.4) is 0 Å². The fourth-order valence-electron chi connectivity index (χ4n) is 1.61. The minimum atomic E-state index is -0.0824. The Morgan fingerprint density at radius 2 is 2.20 bits per heavy atom. The highest BCUT2D eigenvalue weighted by Crippen LogP contribution is 2.24. The molecule has 0 spiro atoms. The van der Waals surface area contributed by atoms with Crippen molar-refractivity contribution in [1.29, 1.82) is 0 Å². The summed E-state index contributed by atoms with van der Waals surface area (Å²) in [6.45, 7) is 1.98. The lowest BCUT2D eigenvalue weighted by Gasteiger charge is -2.07. The molecule has 1 amide bonds. The van der Waals surface area contributed by atoms with Crippen molar-refractivity contribution >= 4 is 45.1 Å². The highest BCUT2D eigenvalue weighted by molar-refractivity contribution is 9.10. The van der Waals surface area contributed by atoms with Crippen molar-refractivity contribution in [2.75, 3.05) is 16.8 Å². The van der Waals surface area contributed by atoms with Crippen molar-refractivity contribution in [2.45, 2.75) is 11.8 Å². The maximum atomic E-state index is 11.8. The third-order valence-corrected chi connectivity index (χ3v) is 4.20. The monoisotopic (exact) mass is 351 g/mol. The SMILES string of the molecule is Cc1cc(N)ccc1SCC(=O)Nc1ccc(Br)cn1. The van der Waals surface area contributed by atoms with E-state index in [0.29, 0.717) is 11.6 Å². The summed E-state index contributed by atoms with van der Waals surface area (Å²) in [6.07, 6.45) is 1.65. The number of nitrogens with two attached hydrogens (primary N) is 1. The van der Waals surface area contributed by atoms with Crippen LogP contribution in [0.15, 0.2) is 45.9 Å². The zero-order valence-corrected chi connectivity index (χ0v) is 13.3. The first-order valence-corrected chi connectivity index (χ1v) is 7.73. The molecule has 104 valence electrons. The van der Waals surface area contributed by atoms with Gasteiger partial charge in [0.05, 0.1) is 5.75 Å². The maximum absolute atomic E-state index is 11.8. The molecule has 0 aliphatic carbocycles. The first-order chi connectivity index (χ1) is 9.54. The average Bonchev–Trinajstić information content (AvgIpc) is 2.40. The number of thioether (sulfide) groups is 1. The first kappa shape index (κ1) is 14.9. The van der Waals surface area contributed by atoms with E-state index in [1.807, 2.05) is 31.2 Å². The van der Waals surface area contributed by atoms with Crippen LogP contribution in [0.25, 0.3) is 0 Å². The third-order valence-electron chi connectivity index (χ3n) is 2.55. The van der Waals surface area contributed by atoms with E-state index in [4.69, 9.17) is 5.73 Å². The van der Waals surface area contributed by atoms with Crippen LogP contribution >= 0.6 is 27.7 Å². The average molecular weight is 352 g/mol. The number of aryl methyl sites for hydroxylation is 1. The lowest BCUT2D eigenvalue weighted by Crippen LogP contribution is -2.14. The van der Waals surface area contributed by atoms with Gasteiger partial charge in [0, 0.05) is 21.3 Å². The highest BCUT2D eigenvalue weighted by Gasteiger charge is 2.06. The number of pyridine rings is 1. The summed E-state index contributed by atoms with van der Waals surface area (Å²) in [5.41, 5.74) is 7.50. The van der Waals surface area contributed by atoms with Gasteiger partial charge in [0.1, 0.15) is 5.82 Å². The number of benzene rings is 1. The molecule has 0 atom stereocenters. The van der Waals surface area contributed by atoms with Gasteiger partial charge in [-0.05, 0) is 58.7 Å². The molecule has 0 unspecified atom stereocenters. The summed E-state index contributed by atoms with van der Waals surface area (Å²) in [5.74, 6) is 0.802. The highest BCUT2D eigenvalue weighted by atomic mass is 79.9. The molecule has 2 aromatic rings. The van der Waals surface area contributed by atoms with E-state index in [0.717, 1.165) is 20.6 Å². The van der Waals surface area contributed by atoms with E-state index in [1.165, 1.54) is 11.8 Å². The third kappa shape index (κ3) is 4.25. The molecule has 0 radical (unpaired) electrons. The molecular formula is C14H14BrN3OS. The molecule has 0 saturated carbocycles. The van der Waals surface area contributed by atoms with Crippen LogP contribution in [0.1, 0.15) is 5.56 Å². The van der Waals surface area contributed by atoms with Crippen LogP contribution in [0.2, 0.25) is 0 Å². The van der Waals surface area contributed by atoms with Gasteiger partial charge in [0.2, 0.25) is 5.91 Å². The second-order valence-corrected chi connectivity index (χ2v) is 6.16. The number of halogens is 1. The number of hydrogen-bond donors (Lipinski definition) is 2. The van der Waals surface area contributed by atoms with E-state index in [1.54, 1.807) is 12.3 Å². The molecule has 3 N–H and O–H groups in total. The lowest BCUT2D eigenvalue weighted by atomic mass is 10.2. The predicted octanol–water partition coefficient (Wildman–Crippen LogP) is 3.47. The van der Waals surface area contributed by atoms with Crippen LogP contribution in [-0.2, 0) is 4.79 Å². The Morgan fingerprint density at radius 3 is 2.85 bits per heavy atom. The van der Waals surface area contributed by atoms with Crippen molar-refractivity contribution < 1.29 is 4.79 Å². The normalized spacial score (nSPS) is 10.3. The van der Waals surface area contributed by atoms with Crippen molar-refractivity contribution in [2.24, 2.45) is 0 Å². The zero-order valence-electron chi connectivity index (χ0n) is 10.9. The van der Waals surface area contributed by atoms with Crippen LogP contribution in [0, 0.1) is 6.92 Å². The van der Waals surface area contributed by atoms with Gasteiger partial charge >= 0.3 is 0 Å². The minimum absolute atomic E-state index is 0.0824. The second-order valence-electron chi connectivity index (χ2n) is 4.22. The van der Waals surface area contributed by atoms with Gasteiger partial charge in [-0.15, -0.1) is 11.8 Å². The number of amides is 1. The van der Waals surface area contributed by atoms with E-state index < -0.39 is 0 Å². The number of aromatic nitrogens is 1. The largest absolute Gasteiger partial charge is 0.399 e. The van der Waals surface area contributed by atoms with Crippen LogP contribution < -0.4 is 11.1 Å². The summed E-state index contributed by atoms with van der Waals surface area (Å²) < 4.78 is 0.877. The van der Waals surface area contributed by atoms with Gasteiger partial charge in [0.25, 0.3) is 0 Å². The van der Waals surface area contributed by atoms with Crippen molar-refractivity contribution in [3.05, 3.63) is 46.6 Å². The van der Waals surface area contributed by atoms with Gasteiger partial charge in [-0.25, -0.2) is 4.98 Å². The fraction of sp³-hybridized carbons (Fsp3) is 0.143. The molecule has 1 heterocycles. The van der Waals surface area contributed by atoms with Gasteiger partial charge in [0.15, 0.2) is 0 Å². The molecule has 6 heteroatoms. The lowest BCUT2D eigenvalue weighted by molar-refractivity contribution is -0.113. The Morgan fingerprint density at radius 1 is 1.40 bits per heavy atom. The molecule has 0 aliphatic rings. The quantitative estimate of drug-likeness (QED) is 0.653. The number of carbonyl (C=O) groups excluding carboxylic acids is 1.